The van der Waals surface area contributed by atoms with Crippen molar-refractivity contribution < 1.29 is 14.7 Å². The molecular formula is C13H26N2O3. The van der Waals surface area contributed by atoms with Crippen LogP contribution in [0.1, 0.15) is 41.5 Å². The highest BCUT2D eigenvalue weighted by Gasteiger charge is 2.26. The first kappa shape index (κ1) is 16.7. The highest BCUT2D eigenvalue weighted by atomic mass is 16.4. The van der Waals surface area contributed by atoms with Crippen molar-refractivity contribution in [2.45, 2.75) is 47.6 Å². The molecule has 0 unspecified atom stereocenters. The van der Waals surface area contributed by atoms with Gasteiger partial charge in [0.05, 0.1) is 0 Å². The zero-order valence-electron chi connectivity index (χ0n) is 12.2. The van der Waals surface area contributed by atoms with Crippen LogP contribution in [0.25, 0.3) is 0 Å². The van der Waals surface area contributed by atoms with E-state index in [1.54, 1.807) is 13.8 Å². The minimum atomic E-state index is -1.01. The second kappa shape index (κ2) is 6.61. The summed E-state index contributed by atoms with van der Waals surface area (Å²) in [5.74, 6) is -0.729. The standard InChI is InChI=1S/C13H26N2O3/c1-8(2)10(11(16)17)15-12(18)14-7-13(5,6)9(3)4/h8-10H,7H2,1-6H3,(H,16,17)(H2,14,15,18)/t10-/m1/s1. The molecule has 0 heterocycles. The van der Waals surface area contributed by atoms with Crippen LogP contribution in [0.15, 0.2) is 0 Å². The normalized spacial score (nSPS) is 13.6. The molecule has 0 aliphatic heterocycles. The number of aliphatic carboxylic acids is 1. The van der Waals surface area contributed by atoms with E-state index in [9.17, 15) is 9.59 Å². The van der Waals surface area contributed by atoms with Crippen LogP contribution in [-0.2, 0) is 4.79 Å². The van der Waals surface area contributed by atoms with Gasteiger partial charge >= 0.3 is 12.0 Å². The lowest BCUT2D eigenvalue weighted by Gasteiger charge is -2.29. The van der Waals surface area contributed by atoms with Gasteiger partial charge in [0.15, 0.2) is 0 Å². The Morgan fingerprint density at radius 3 is 2.00 bits per heavy atom. The minimum absolute atomic E-state index is 0.0199. The predicted molar refractivity (Wildman–Crippen MR) is 71.4 cm³/mol. The zero-order valence-corrected chi connectivity index (χ0v) is 12.2. The number of carbonyl (C=O) groups excluding carboxylic acids is 1. The molecule has 0 rings (SSSR count). The first-order chi connectivity index (χ1) is 8.08. The molecule has 0 aliphatic carbocycles. The van der Waals surface area contributed by atoms with Crippen molar-refractivity contribution >= 4 is 12.0 Å². The predicted octanol–water partition coefficient (Wildman–Crippen LogP) is 2.08. The third kappa shape index (κ3) is 5.38. The van der Waals surface area contributed by atoms with Crippen LogP contribution in [0.3, 0.4) is 0 Å². The van der Waals surface area contributed by atoms with Crippen molar-refractivity contribution in [2.75, 3.05) is 6.54 Å². The van der Waals surface area contributed by atoms with E-state index < -0.39 is 18.0 Å². The van der Waals surface area contributed by atoms with E-state index in [1.165, 1.54) is 0 Å². The fraction of sp³-hybridized carbons (Fsp3) is 0.846. The summed E-state index contributed by atoms with van der Waals surface area (Å²) < 4.78 is 0. The Kier molecular flexibility index (Phi) is 6.15. The summed E-state index contributed by atoms with van der Waals surface area (Å²) >= 11 is 0. The molecule has 0 radical (unpaired) electrons. The summed E-state index contributed by atoms with van der Waals surface area (Å²) in [6.45, 7) is 12.3. The Morgan fingerprint density at radius 2 is 1.67 bits per heavy atom. The smallest absolute Gasteiger partial charge is 0.326 e. The van der Waals surface area contributed by atoms with E-state index in [4.69, 9.17) is 5.11 Å². The summed E-state index contributed by atoms with van der Waals surface area (Å²) in [4.78, 5) is 22.6. The summed E-state index contributed by atoms with van der Waals surface area (Å²) in [5, 5.41) is 14.2. The molecule has 18 heavy (non-hydrogen) atoms. The van der Waals surface area contributed by atoms with E-state index in [1.807, 2.05) is 0 Å². The molecule has 0 saturated carbocycles. The molecule has 0 spiro atoms. The van der Waals surface area contributed by atoms with Gasteiger partial charge in [-0.3, -0.25) is 0 Å². The highest BCUT2D eigenvalue weighted by Crippen LogP contribution is 2.24. The summed E-state index contributed by atoms with van der Waals surface area (Å²) in [6.07, 6.45) is 0. The molecule has 0 bridgehead atoms. The van der Waals surface area contributed by atoms with Crippen LogP contribution in [-0.4, -0.2) is 29.7 Å². The topological polar surface area (TPSA) is 78.4 Å². The Morgan fingerprint density at radius 1 is 1.17 bits per heavy atom. The van der Waals surface area contributed by atoms with Crippen molar-refractivity contribution in [2.24, 2.45) is 17.3 Å². The van der Waals surface area contributed by atoms with E-state index in [0.29, 0.717) is 12.5 Å². The maximum atomic E-state index is 11.6. The van der Waals surface area contributed by atoms with Crippen LogP contribution in [0.5, 0.6) is 0 Å². The van der Waals surface area contributed by atoms with Gasteiger partial charge in [-0.1, -0.05) is 41.5 Å². The third-order valence-electron chi connectivity index (χ3n) is 3.49. The zero-order chi connectivity index (χ0) is 14.5. The average Bonchev–Trinajstić information content (AvgIpc) is 2.22. The average molecular weight is 258 g/mol. The van der Waals surface area contributed by atoms with Gasteiger partial charge in [0, 0.05) is 6.54 Å². The number of carboxylic acids is 1. The molecule has 1 atom stereocenters. The molecular weight excluding hydrogens is 232 g/mol. The van der Waals surface area contributed by atoms with E-state index >= 15 is 0 Å². The van der Waals surface area contributed by atoms with Crippen molar-refractivity contribution in [3.63, 3.8) is 0 Å². The monoisotopic (exact) mass is 258 g/mol. The van der Waals surface area contributed by atoms with Crippen molar-refractivity contribution in [3.8, 4) is 0 Å². The van der Waals surface area contributed by atoms with E-state index in [0.717, 1.165) is 0 Å². The van der Waals surface area contributed by atoms with Gasteiger partial charge < -0.3 is 15.7 Å². The Labute approximate surface area is 109 Å². The molecule has 106 valence electrons. The number of rotatable bonds is 6. The summed E-state index contributed by atoms with van der Waals surface area (Å²) in [7, 11) is 0. The summed E-state index contributed by atoms with van der Waals surface area (Å²) in [5.41, 5.74) is -0.0199. The molecule has 5 nitrogen and oxygen atoms in total. The minimum Gasteiger partial charge on any atom is -0.480 e. The Balaban J connectivity index is 4.31. The fourth-order valence-corrected chi connectivity index (χ4v) is 1.22. The lowest BCUT2D eigenvalue weighted by molar-refractivity contribution is -0.140. The molecule has 3 N–H and O–H groups in total. The SMILES string of the molecule is CC(C)[C@@H](NC(=O)NCC(C)(C)C(C)C)C(=O)O. The van der Waals surface area contributed by atoms with E-state index in [2.05, 4.69) is 38.3 Å². The number of hydrogen-bond acceptors (Lipinski definition) is 2. The summed E-state index contributed by atoms with van der Waals surface area (Å²) in [6, 6.07) is -1.28. The van der Waals surface area contributed by atoms with Crippen molar-refractivity contribution in [1.82, 2.24) is 10.6 Å². The molecule has 0 saturated heterocycles. The number of carbonyl (C=O) groups is 2. The Hall–Kier alpha value is -1.26. The maximum Gasteiger partial charge on any atom is 0.326 e. The van der Waals surface area contributed by atoms with Crippen molar-refractivity contribution in [3.05, 3.63) is 0 Å². The van der Waals surface area contributed by atoms with Crippen LogP contribution < -0.4 is 10.6 Å². The molecule has 0 fully saturated rings. The van der Waals surface area contributed by atoms with Gasteiger partial charge in [0.2, 0.25) is 0 Å². The second-order valence-electron chi connectivity index (χ2n) is 6.03. The quantitative estimate of drug-likeness (QED) is 0.682. The first-order valence-corrected chi connectivity index (χ1v) is 6.35. The van der Waals surface area contributed by atoms with Gasteiger partial charge in [-0.05, 0) is 17.3 Å². The van der Waals surface area contributed by atoms with Crippen molar-refractivity contribution in [1.29, 1.82) is 0 Å². The molecule has 0 aromatic heterocycles. The molecule has 0 aliphatic rings. The third-order valence-corrected chi connectivity index (χ3v) is 3.49. The number of amides is 2. The highest BCUT2D eigenvalue weighted by molar-refractivity contribution is 5.82. The largest absolute Gasteiger partial charge is 0.480 e. The van der Waals surface area contributed by atoms with Crippen LogP contribution in [0, 0.1) is 17.3 Å². The molecule has 5 heteroatoms. The van der Waals surface area contributed by atoms with Gasteiger partial charge in [-0.2, -0.15) is 0 Å². The first-order valence-electron chi connectivity index (χ1n) is 6.35. The molecule has 2 amide bonds. The van der Waals surface area contributed by atoms with Gasteiger partial charge in [-0.15, -0.1) is 0 Å². The maximum absolute atomic E-state index is 11.6. The van der Waals surface area contributed by atoms with Crippen LogP contribution in [0.4, 0.5) is 4.79 Å². The van der Waals surface area contributed by atoms with E-state index in [-0.39, 0.29) is 11.3 Å². The number of nitrogens with one attached hydrogen (secondary N) is 2. The fourth-order valence-electron chi connectivity index (χ4n) is 1.22. The van der Waals surface area contributed by atoms with Gasteiger partial charge in [0.1, 0.15) is 6.04 Å². The number of hydrogen-bond donors (Lipinski definition) is 3. The van der Waals surface area contributed by atoms with Crippen LogP contribution >= 0.6 is 0 Å². The van der Waals surface area contributed by atoms with Crippen LogP contribution in [0.2, 0.25) is 0 Å². The molecule has 0 aromatic rings. The lowest BCUT2D eigenvalue weighted by Crippen LogP contribution is -2.50. The lowest BCUT2D eigenvalue weighted by atomic mass is 9.81. The Bertz CT molecular complexity index is 299. The molecule has 0 aromatic carbocycles. The number of urea groups is 1. The number of carboxylic acid groups (broad SMARTS) is 1. The second-order valence-corrected chi connectivity index (χ2v) is 6.03. The van der Waals surface area contributed by atoms with Gasteiger partial charge in [-0.25, -0.2) is 9.59 Å². The van der Waals surface area contributed by atoms with Gasteiger partial charge in [0.25, 0.3) is 0 Å².